The third-order valence-electron chi connectivity index (χ3n) is 1.86. The highest BCUT2D eigenvalue weighted by atomic mass is 16.1. The average molecular weight is 187 g/mol. The Kier molecular flexibility index (Phi) is 2.02. The molecule has 2 rings (SSSR count). The maximum atomic E-state index is 10.5. The monoisotopic (exact) mass is 187 g/mol. The van der Waals surface area contributed by atoms with E-state index in [1.807, 2.05) is 18.3 Å². The molecule has 0 spiro atoms. The van der Waals surface area contributed by atoms with Gasteiger partial charge in [-0.05, 0) is 23.8 Å². The Balaban J connectivity index is 2.39. The number of H-pyrrole nitrogens is 1. The van der Waals surface area contributed by atoms with E-state index in [4.69, 9.17) is 5.73 Å². The standard InChI is InChI=1S/C10H9N3O/c11-10(14)2-1-7-5-9-8(13-6-7)3-4-12-9/h1-6,12H,(H2,11,14). The summed E-state index contributed by atoms with van der Waals surface area (Å²) in [7, 11) is 0. The Hall–Kier alpha value is -2.10. The molecule has 2 heterocycles. The number of primary amides is 1. The van der Waals surface area contributed by atoms with Crippen molar-refractivity contribution < 1.29 is 4.79 Å². The molecule has 2 aromatic heterocycles. The van der Waals surface area contributed by atoms with Crippen LogP contribution in [-0.4, -0.2) is 15.9 Å². The van der Waals surface area contributed by atoms with Gasteiger partial charge < -0.3 is 10.7 Å². The minimum Gasteiger partial charge on any atom is -0.366 e. The van der Waals surface area contributed by atoms with Gasteiger partial charge in [-0.25, -0.2) is 0 Å². The first kappa shape index (κ1) is 8.50. The molecule has 14 heavy (non-hydrogen) atoms. The van der Waals surface area contributed by atoms with Crippen LogP contribution in [0, 0.1) is 0 Å². The highest BCUT2D eigenvalue weighted by Crippen LogP contribution is 2.11. The number of aromatic nitrogens is 2. The van der Waals surface area contributed by atoms with E-state index in [1.165, 1.54) is 6.08 Å². The molecule has 70 valence electrons. The van der Waals surface area contributed by atoms with Crippen LogP contribution in [0.5, 0.6) is 0 Å². The molecule has 0 radical (unpaired) electrons. The summed E-state index contributed by atoms with van der Waals surface area (Å²) in [6.45, 7) is 0. The fourth-order valence-electron chi connectivity index (χ4n) is 1.22. The summed E-state index contributed by atoms with van der Waals surface area (Å²) in [5.74, 6) is -0.461. The van der Waals surface area contributed by atoms with E-state index in [1.54, 1.807) is 12.3 Å². The van der Waals surface area contributed by atoms with Crippen molar-refractivity contribution in [3.63, 3.8) is 0 Å². The number of carbonyl (C=O) groups is 1. The number of hydrogen-bond donors (Lipinski definition) is 2. The fraction of sp³-hybridized carbons (Fsp3) is 0. The van der Waals surface area contributed by atoms with Crippen LogP contribution < -0.4 is 5.73 Å². The van der Waals surface area contributed by atoms with Gasteiger partial charge in [-0.1, -0.05) is 0 Å². The van der Waals surface area contributed by atoms with E-state index in [2.05, 4.69) is 9.97 Å². The first-order valence-electron chi connectivity index (χ1n) is 4.16. The largest absolute Gasteiger partial charge is 0.366 e. The SMILES string of the molecule is NC(=O)C=Cc1cnc2cc[nH]c2c1. The highest BCUT2D eigenvalue weighted by molar-refractivity contribution is 5.90. The second kappa shape index (κ2) is 3.33. The zero-order valence-electron chi connectivity index (χ0n) is 7.40. The first-order valence-corrected chi connectivity index (χ1v) is 4.16. The molecule has 1 amide bonds. The smallest absolute Gasteiger partial charge is 0.241 e. The van der Waals surface area contributed by atoms with E-state index in [9.17, 15) is 4.79 Å². The van der Waals surface area contributed by atoms with E-state index in [0.717, 1.165) is 16.6 Å². The molecule has 0 unspecified atom stereocenters. The summed E-state index contributed by atoms with van der Waals surface area (Å²) < 4.78 is 0. The normalized spacial score (nSPS) is 11.1. The van der Waals surface area contributed by atoms with Gasteiger partial charge in [0, 0.05) is 18.5 Å². The number of nitrogens with zero attached hydrogens (tertiary/aromatic N) is 1. The molecule has 4 heteroatoms. The molecule has 0 aliphatic rings. The molecule has 0 atom stereocenters. The molecule has 4 nitrogen and oxygen atoms in total. The summed E-state index contributed by atoms with van der Waals surface area (Å²) in [4.78, 5) is 17.7. The van der Waals surface area contributed by atoms with Gasteiger partial charge in [0.25, 0.3) is 0 Å². The topological polar surface area (TPSA) is 71.8 Å². The summed E-state index contributed by atoms with van der Waals surface area (Å²) >= 11 is 0. The van der Waals surface area contributed by atoms with Gasteiger partial charge in [-0.3, -0.25) is 9.78 Å². The zero-order chi connectivity index (χ0) is 9.97. The molecule has 0 aromatic carbocycles. The van der Waals surface area contributed by atoms with Crippen LogP contribution in [0.3, 0.4) is 0 Å². The third kappa shape index (κ3) is 1.64. The molecule has 2 aromatic rings. The van der Waals surface area contributed by atoms with Gasteiger partial charge in [0.1, 0.15) is 0 Å². The Morgan fingerprint density at radius 3 is 3.21 bits per heavy atom. The van der Waals surface area contributed by atoms with Gasteiger partial charge in [0.15, 0.2) is 0 Å². The second-order valence-corrected chi connectivity index (χ2v) is 2.91. The molecule has 0 saturated heterocycles. The Bertz CT molecular complexity index is 499. The lowest BCUT2D eigenvalue weighted by molar-refractivity contribution is -0.113. The van der Waals surface area contributed by atoms with Crippen molar-refractivity contribution in [2.75, 3.05) is 0 Å². The predicted molar refractivity (Wildman–Crippen MR) is 54.3 cm³/mol. The number of amides is 1. The van der Waals surface area contributed by atoms with Crippen molar-refractivity contribution in [2.45, 2.75) is 0 Å². The molecule has 0 bridgehead atoms. The van der Waals surface area contributed by atoms with Crippen molar-refractivity contribution in [1.29, 1.82) is 0 Å². The van der Waals surface area contributed by atoms with Gasteiger partial charge in [0.05, 0.1) is 11.0 Å². The molecule has 0 fully saturated rings. The van der Waals surface area contributed by atoms with Gasteiger partial charge in [-0.15, -0.1) is 0 Å². The van der Waals surface area contributed by atoms with Crippen molar-refractivity contribution in [1.82, 2.24) is 9.97 Å². The number of pyridine rings is 1. The zero-order valence-corrected chi connectivity index (χ0v) is 7.40. The maximum absolute atomic E-state index is 10.5. The average Bonchev–Trinajstić information content (AvgIpc) is 2.61. The van der Waals surface area contributed by atoms with Crippen molar-refractivity contribution in [3.05, 3.63) is 36.2 Å². The summed E-state index contributed by atoms with van der Waals surface area (Å²) in [6.07, 6.45) is 6.45. The molecule has 0 saturated carbocycles. The number of carbonyl (C=O) groups excluding carboxylic acids is 1. The molecular formula is C10H9N3O. The van der Waals surface area contributed by atoms with Gasteiger partial charge in [-0.2, -0.15) is 0 Å². The van der Waals surface area contributed by atoms with Gasteiger partial charge in [0.2, 0.25) is 5.91 Å². The van der Waals surface area contributed by atoms with Crippen molar-refractivity contribution >= 4 is 23.0 Å². The van der Waals surface area contributed by atoms with E-state index >= 15 is 0 Å². The Morgan fingerprint density at radius 2 is 2.43 bits per heavy atom. The van der Waals surface area contributed by atoms with E-state index in [-0.39, 0.29) is 0 Å². The quantitative estimate of drug-likeness (QED) is 0.690. The first-order chi connectivity index (χ1) is 6.75. The number of rotatable bonds is 2. The minimum atomic E-state index is -0.461. The number of nitrogens with two attached hydrogens (primary N) is 1. The maximum Gasteiger partial charge on any atom is 0.241 e. The lowest BCUT2D eigenvalue weighted by Gasteiger charge is -1.92. The number of hydrogen-bond acceptors (Lipinski definition) is 2. The minimum absolute atomic E-state index is 0.461. The Morgan fingerprint density at radius 1 is 1.57 bits per heavy atom. The third-order valence-corrected chi connectivity index (χ3v) is 1.86. The molecule has 3 N–H and O–H groups in total. The summed E-state index contributed by atoms with van der Waals surface area (Å²) in [6, 6.07) is 3.79. The number of aromatic amines is 1. The molecule has 0 aliphatic heterocycles. The molecular weight excluding hydrogens is 178 g/mol. The van der Waals surface area contributed by atoms with E-state index < -0.39 is 5.91 Å². The lowest BCUT2D eigenvalue weighted by atomic mass is 10.2. The van der Waals surface area contributed by atoms with Crippen molar-refractivity contribution in [2.24, 2.45) is 5.73 Å². The van der Waals surface area contributed by atoms with E-state index in [0.29, 0.717) is 0 Å². The predicted octanol–water partition coefficient (Wildman–Crippen LogP) is 1.06. The van der Waals surface area contributed by atoms with Crippen LogP contribution in [-0.2, 0) is 4.79 Å². The lowest BCUT2D eigenvalue weighted by Crippen LogP contribution is -2.05. The second-order valence-electron chi connectivity index (χ2n) is 2.91. The van der Waals surface area contributed by atoms with Crippen LogP contribution in [0.4, 0.5) is 0 Å². The molecule has 0 aliphatic carbocycles. The van der Waals surface area contributed by atoms with Crippen LogP contribution in [0.15, 0.2) is 30.6 Å². The Labute approximate surface area is 80.4 Å². The number of nitrogens with one attached hydrogen (secondary N) is 1. The van der Waals surface area contributed by atoms with Crippen LogP contribution >= 0.6 is 0 Å². The number of fused-ring (bicyclic) bond motifs is 1. The fourth-order valence-corrected chi connectivity index (χ4v) is 1.22. The van der Waals surface area contributed by atoms with Crippen molar-refractivity contribution in [3.8, 4) is 0 Å². The highest BCUT2D eigenvalue weighted by Gasteiger charge is 1.95. The summed E-state index contributed by atoms with van der Waals surface area (Å²) in [5.41, 5.74) is 7.67. The summed E-state index contributed by atoms with van der Waals surface area (Å²) in [5, 5.41) is 0. The van der Waals surface area contributed by atoms with Crippen LogP contribution in [0.25, 0.3) is 17.1 Å². The van der Waals surface area contributed by atoms with Gasteiger partial charge >= 0.3 is 0 Å². The van der Waals surface area contributed by atoms with Crippen LogP contribution in [0.2, 0.25) is 0 Å². The van der Waals surface area contributed by atoms with Crippen LogP contribution in [0.1, 0.15) is 5.56 Å².